The second-order valence-corrected chi connectivity index (χ2v) is 16.0. The van der Waals surface area contributed by atoms with Gasteiger partial charge in [-0.3, -0.25) is 24.2 Å². The number of halogens is 2. The van der Waals surface area contributed by atoms with Crippen molar-refractivity contribution in [3.05, 3.63) is 16.6 Å². The first-order valence-electron chi connectivity index (χ1n) is 16.8. The average Bonchev–Trinajstić information content (AvgIpc) is 3.38. The summed E-state index contributed by atoms with van der Waals surface area (Å²) in [6, 6.07) is -1.06. The van der Waals surface area contributed by atoms with Crippen LogP contribution < -0.4 is 5.32 Å². The van der Waals surface area contributed by atoms with Crippen molar-refractivity contribution >= 4 is 35.0 Å². The predicted octanol–water partition coefficient (Wildman–Crippen LogP) is 3.82. The highest BCUT2D eigenvalue weighted by Gasteiger charge is 2.62. The molecule has 1 aromatic heterocycles. The lowest BCUT2D eigenvalue weighted by atomic mass is 9.70. The number of aromatic nitrogens is 1. The van der Waals surface area contributed by atoms with E-state index < -0.39 is 48.2 Å². The van der Waals surface area contributed by atoms with Crippen LogP contribution in [0.25, 0.3) is 0 Å². The zero-order valence-corrected chi connectivity index (χ0v) is 28.0. The number of carbonyl (C=O) groups is 4. The van der Waals surface area contributed by atoms with Gasteiger partial charge in [-0.15, -0.1) is 11.3 Å². The van der Waals surface area contributed by atoms with Gasteiger partial charge >= 0.3 is 0 Å². The Morgan fingerprint density at radius 1 is 1.02 bits per heavy atom. The van der Waals surface area contributed by atoms with E-state index in [1.54, 1.807) is 22.2 Å². The Kier molecular flexibility index (Phi) is 9.21. The summed E-state index contributed by atoms with van der Waals surface area (Å²) in [7, 11) is 0. The lowest BCUT2D eigenvalue weighted by molar-refractivity contribution is -0.153. The van der Waals surface area contributed by atoms with Crippen molar-refractivity contribution in [2.75, 3.05) is 45.9 Å². The van der Waals surface area contributed by atoms with Gasteiger partial charge in [-0.25, -0.2) is 8.78 Å². The van der Waals surface area contributed by atoms with Crippen molar-refractivity contribution in [2.24, 2.45) is 28.6 Å². The number of alkyl halides is 2. The number of nitrogens with one attached hydrogen (secondary N) is 1. The van der Waals surface area contributed by atoms with Crippen molar-refractivity contribution in [1.29, 1.82) is 0 Å². The normalized spacial score (nSPS) is 28.0. The number of likely N-dealkylation sites (tertiary alicyclic amines) is 3. The minimum absolute atomic E-state index is 0.0276. The Morgan fingerprint density at radius 3 is 2.28 bits per heavy atom. The van der Waals surface area contributed by atoms with Gasteiger partial charge in [-0.05, 0) is 37.5 Å². The van der Waals surface area contributed by atoms with Gasteiger partial charge in [0, 0.05) is 70.0 Å². The summed E-state index contributed by atoms with van der Waals surface area (Å²) in [5.41, 5.74) is 0.915. The smallest absolute Gasteiger partial charge is 0.265 e. The van der Waals surface area contributed by atoms with Gasteiger partial charge in [-0.1, -0.05) is 33.1 Å². The van der Waals surface area contributed by atoms with Crippen LogP contribution in [0.5, 0.6) is 0 Å². The van der Waals surface area contributed by atoms with Crippen LogP contribution in [-0.2, 0) is 19.1 Å². The molecule has 4 heterocycles. The Morgan fingerprint density at radius 2 is 1.67 bits per heavy atom. The number of amides is 4. The van der Waals surface area contributed by atoms with Crippen molar-refractivity contribution in [1.82, 2.24) is 25.0 Å². The minimum Gasteiger partial charge on any atom is -0.376 e. The predicted molar refractivity (Wildman–Crippen MR) is 167 cm³/mol. The molecule has 0 aromatic carbocycles. The van der Waals surface area contributed by atoms with Gasteiger partial charge in [0.25, 0.3) is 11.8 Å². The molecule has 0 bridgehead atoms. The number of rotatable bonds is 9. The molecule has 13 heteroatoms. The van der Waals surface area contributed by atoms with Crippen LogP contribution in [0.1, 0.15) is 81.8 Å². The largest absolute Gasteiger partial charge is 0.376 e. The van der Waals surface area contributed by atoms with Crippen LogP contribution in [0.4, 0.5) is 8.78 Å². The highest BCUT2D eigenvalue weighted by atomic mass is 32.1. The van der Waals surface area contributed by atoms with E-state index in [1.165, 1.54) is 28.9 Å². The molecule has 5 fully saturated rings. The number of ether oxygens (including phenoxy) is 1. The summed E-state index contributed by atoms with van der Waals surface area (Å²) >= 11 is 1.23. The molecule has 254 valence electrons. The molecule has 2 aliphatic carbocycles. The van der Waals surface area contributed by atoms with Crippen LogP contribution in [-0.4, -0.2) is 107 Å². The fourth-order valence-corrected chi connectivity index (χ4v) is 8.47. The first kappa shape index (κ1) is 33.2. The van der Waals surface area contributed by atoms with Crippen molar-refractivity contribution in [3.8, 4) is 0 Å². The van der Waals surface area contributed by atoms with Gasteiger partial charge in [0.2, 0.25) is 17.7 Å². The molecule has 0 radical (unpaired) electrons. The maximum Gasteiger partial charge on any atom is 0.265 e. The molecule has 3 saturated heterocycles. The van der Waals surface area contributed by atoms with Gasteiger partial charge in [0.05, 0.1) is 23.7 Å². The van der Waals surface area contributed by atoms with Crippen molar-refractivity contribution < 1.29 is 32.7 Å². The molecule has 2 saturated carbocycles. The summed E-state index contributed by atoms with van der Waals surface area (Å²) in [5, 5.41) is 2.98. The second-order valence-electron chi connectivity index (χ2n) is 15.1. The van der Waals surface area contributed by atoms with Crippen molar-refractivity contribution in [2.45, 2.75) is 90.2 Å². The number of nitrogens with zero attached hydrogens (tertiary/aromatic N) is 4. The summed E-state index contributed by atoms with van der Waals surface area (Å²) in [5.74, 6) is -4.06. The molecular weight excluding hydrogens is 616 g/mol. The van der Waals surface area contributed by atoms with Gasteiger partial charge in [0.15, 0.2) is 0 Å². The third-order valence-electron chi connectivity index (χ3n) is 11.2. The van der Waals surface area contributed by atoms with Crippen LogP contribution in [0.3, 0.4) is 0 Å². The molecule has 6 rings (SSSR count). The summed E-state index contributed by atoms with van der Waals surface area (Å²) in [4.78, 5) is 64.1. The fraction of sp³-hybridized carbons (Fsp3) is 0.788. The lowest BCUT2D eigenvalue weighted by Crippen LogP contribution is -2.65. The van der Waals surface area contributed by atoms with E-state index >= 15 is 0 Å². The van der Waals surface area contributed by atoms with E-state index in [0.29, 0.717) is 37.0 Å². The van der Waals surface area contributed by atoms with E-state index in [2.05, 4.69) is 24.1 Å². The number of thiazole rings is 1. The molecule has 4 atom stereocenters. The van der Waals surface area contributed by atoms with Gasteiger partial charge < -0.3 is 24.8 Å². The molecule has 1 N–H and O–H groups in total. The average molecular weight is 664 g/mol. The van der Waals surface area contributed by atoms with Crippen LogP contribution in [0.15, 0.2) is 11.7 Å². The van der Waals surface area contributed by atoms with E-state index in [-0.39, 0.29) is 48.7 Å². The molecule has 46 heavy (non-hydrogen) atoms. The SMILES string of the molecule is C[C@@H](OCC1CCCCC1)[C@H](NC(=O)C1CN(C(=O)c2cncs2)CC12CN(C(=O)[C@H]1CC1(C)C)C2)C(=O)N1CCC(F)(F)CC1. The van der Waals surface area contributed by atoms with E-state index in [4.69, 9.17) is 4.74 Å². The standard InChI is InChI=1S/C33H47F2N5O5S/c1-21(45-16-22-7-5-4-6-8-22)26(30(44)38-11-9-33(34,35)10-12-38)37-27(41)24-15-39(29(43)25-14-36-20-46-25)17-32(24)18-40(19-32)28(42)23-13-31(23,2)3/h14,20-24,26H,4-13,15-19H2,1-3H3,(H,37,41)/t21-,23-,24?,26+/m1/s1. The first-order valence-corrected chi connectivity index (χ1v) is 17.7. The van der Waals surface area contributed by atoms with E-state index in [1.807, 2.05) is 0 Å². The van der Waals surface area contributed by atoms with Gasteiger partial charge in [-0.2, -0.15) is 0 Å². The third kappa shape index (κ3) is 6.81. The van der Waals surface area contributed by atoms with Crippen molar-refractivity contribution in [3.63, 3.8) is 0 Å². The van der Waals surface area contributed by atoms with Crippen LogP contribution in [0.2, 0.25) is 0 Å². The summed E-state index contributed by atoms with van der Waals surface area (Å²) in [6.07, 6.45) is 6.43. The van der Waals surface area contributed by atoms with E-state index in [0.717, 1.165) is 32.1 Å². The Labute approximate surface area is 273 Å². The minimum atomic E-state index is -2.81. The third-order valence-corrected chi connectivity index (χ3v) is 11.9. The summed E-state index contributed by atoms with van der Waals surface area (Å²) in [6.45, 7) is 7.37. The molecule has 4 amide bonds. The molecule has 10 nitrogen and oxygen atoms in total. The topological polar surface area (TPSA) is 112 Å². The molecule has 3 aliphatic heterocycles. The number of hydrogen-bond acceptors (Lipinski definition) is 7. The molecule has 1 aromatic rings. The highest BCUT2D eigenvalue weighted by Crippen LogP contribution is 2.54. The zero-order valence-electron chi connectivity index (χ0n) is 27.1. The monoisotopic (exact) mass is 663 g/mol. The first-order chi connectivity index (χ1) is 21.8. The number of carbonyl (C=O) groups excluding carboxylic acids is 4. The van der Waals surface area contributed by atoms with E-state index in [9.17, 15) is 28.0 Å². The van der Waals surface area contributed by atoms with Gasteiger partial charge in [0.1, 0.15) is 10.9 Å². The molecule has 1 unspecified atom stereocenters. The van der Waals surface area contributed by atoms with Crippen LogP contribution in [0, 0.1) is 28.6 Å². The second kappa shape index (κ2) is 12.7. The Bertz CT molecular complexity index is 1300. The lowest BCUT2D eigenvalue weighted by Gasteiger charge is -2.50. The Hall–Kier alpha value is -2.67. The fourth-order valence-electron chi connectivity index (χ4n) is 7.88. The molecule has 1 spiro atoms. The van der Waals surface area contributed by atoms with Crippen LogP contribution >= 0.6 is 11.3 Å². The number of piperidine rings is 1. The molecule has 5 aliphatic rings. The highest BCUT2D eigenvalue weighted by molar-refractivity contribution is 7.11. The molecular formula is C33H47F2N5O5S. The number of hydrogen-bond donors (Lipinski definition) is 1. The Balaban J connectivity index is 1.19. The maximum absolute atomic E-state index is 14.2. The summed E-state index contributed by atoms with van der Waals surface area (Å²) < 4.78 is 34.2. The maximum atomic E-state index is 14.2. The zero-order chi connectivity index (χ0) is 32.9. The quantitative estimate of drug-likeness (QED) is 0.430.